The number of aromatic nitrogens is 3. The number of rotatable bonds is 2. The van der Waals surface area contributed by atoms with Crippen molar-refractivity contribution in [3.63, 3.8) is 0 Å². The maximum Gasteiger partial charge on any atom is 0.0715 e. The fraction of sp³-hybridized carbons (Fsp3) is 0. The van der Waals surface area contributed by atoms with Gasteiger partial charge in [-0.1, -0.05) is 54.6 Å². The van der Waals surface area contributed by atoms with Gasteiger partial charge in [-0.3, -0.25) is 9.97 Å². The summed E-state index contributed by atoms with van der Waals surface area (Å²) in [4.78, 5) is 13.7. The number of hydrogen-bond donors (Lipinski definition) is 0. The number of benzene rings is 4. The van der Waals surface area contributed by atoms with Gasteiger partial charge in [-0.15, -0.1) is 0 Å². The first kappa shape index (κ1) is 18.9. The SMILES string of the molecule is c1cncc(-c2ccc(-c3ccc4c(ccc5cc6c(ccc7ncccc76)cc54)n3)cc2)c1. The summed E-state index contributed by atoms with van der Waals surface area (Å²) in [7, 11) is 0. The summed E-state index contributed by atoms with van der Waals surface area (Å²) in [6, 6.07) is 34.1. The van der Waals surface area contributed by atoms with Crippen molar-refractivity contribution >= 4 is 43.4 Å². The van der Waals surface area contributed by atoms with Crippen LogP contribution in [0.3, 0.4) is 0 Å². The molecule has 0 radical (unpaired) electrons. The molecular formula is C31H19N3. The van der Waals surface area contributed by atoms with E-state index < -0.39 is 0 Å². The van der Waals surface area contributed by atoms with E-state index in [0.29, 0.717) is 0 Å². The second-order valence-corrected chi connectivity index (χ2v) is 8.58. The summed E-state index contributed by atoms with van der Waals surface area (Å²) in [6.07, 6.45) is 5.53. The van der Waals surface area contributed by atoms with Crippen LogP contribution in [0.4, 0.5) is 0 Å². The summed E-state index contributed by atoms with van der Waals surface area (Å²) in [5, 5.41) is 7.24. The van der Waals surface area contributed by atoms with Crippen molar-refractivity contribution in [2.45, 2.75) is 0 Å². The monoisotopic (exact) mass is 433 g/mol. The first-order valence-electron chi connectivity index (χ1n) is 11.4. The normalized spacial score (nSPS) is 11.5. The topological polar surface area (TPSA) is 38.7 Å². The highest BCUT2D eigenvalue weighted by molar-refractivity contribution is 6.16. The lowest BCUT2D eigenvalue weighted by molar-refractivity contribution is 1.33. The molecule has 0 bridgehead atoms. The van der Waals surface area contributed by atoms with Gasteiger partial charge in [0.1, 0.15) is 0 Å². The Morgan fingerprint density at radius 1 is 0.471 bits per heavy atom. The van der Waals surface area contributed by atoms with Crippen LogP contribution in [0.25, 0.3) is 65.7 Å². The first-order chi connectivity index (χ1) is 16.8. The van der Waals surface area contributed by atoms with Crippen molar-refractivity contribution in [1.29, 1.82) is 0 Å². The van der Waals surface area contributed by atoms with Crippen LogP contribution in [0.15, 0.2) is 116 Å². The van der Waals surface area contributed by atoms with E-state index in [1.54, 1.807) is 6.20 Å². The van der Waals surface area contributed by atoms with Gasteiger partial charge >= 0.3 is 0 Å². The molecule has 7 rings (SSSR count). The Kier molecular flexibility index (Phi) is 4.15. The molecule has 0 unspecified atom stereocenters. The third-order valence-corrected chi connectivity index (χ3v) is 6.58. The van der Waals surface area contributed by atoms with Gasteiger partial charge in [0.05, 0.1) is 16.7 Å². The predicted octanol–water partition coefficient (Wildman–Crippen LogP) is 7.82. The van der Waals surface area contributed by atoms with Gasteiger partial charge in [0, 0.05) is 34.9 Å². The second-order valence-electron chi connectivity index (χ2n) is 8.58. The van der Waals surface area contributed by atoms with Crippen molar-refractivity contribution in [1.82, 2.24) is 15.0 Å². The van der Waals surface area contributed by atoms with E-state index >= 15 is 0 Å². The lowest BCUT2D eigenvalue weighted by Crippen LogP contribution is -1.88. The minimum absolute atomic E-state index is 0.974. The zero-order valence-corrected chi connectivity index (χ0v) is 18.3. The van der Waals surface area contributed by atoms with Crippen LogP contribution >= 0.6 is 0 Å². The van der Waals surface area contributed by atoms with Gasteiger partial charge in [0.2, 0.25) is 0 Å². The fourth-order valence-corrected chi connectivity index (χ4v) is 4.85. The number of hydrogen-bond acceptors (Lipinski definition) is 3. The van der Waals surface area contributed by atoms with E-state index in [0.717, 1.165) is 33.4 Å². The molecule has 3 heteroatoms. The van der Waals surface area contributed by atoms with E-state index in [9.17, 15) is 0 Å². The van der Waals surface area contributed by atoms with Gasteiger partial charge in [0.15, 0.2) is 0 Å². The van der Waals surface area contributed by atoms with E-state index in [2.05, 4.69) is 94.9 Å². The number of fused-ring (bicyclic) bond motifs is 6. The van der Waals surface area contributed by atoms with Crippen LogP contribution in [0.1, 0.15) is 0 Å². The Morgan fingerprint density at radius 2 is 1.18 bits per heavy atom. The second kappa shape index (κ2) is 7.46. The zero-order valence-electron chi connectivity index (χ0n) is 18.3. The minimum Gasteiger partial charge on any atom is -0.264 e. The van der Waals surface area contributed by atoms with Crippen LogP contribution < -0.4 is 0 Å². The number of nitrogens with zero attached hydrogens (tertiary/aromatic N) is 3. The molecule has 3 nitrogen and oxygen atoms in total. The summed E-state index contributed by atoms with van der Waals surface area (Å²) < 4.78 is 0. The van der Waals surface area contributed by atoms with Gasteiger partial charge in [-0.25, -0.2) is 4.98 Å². The summed E-state index contributed by atoms with van der Waals surface area (Å²) >= 11 is 0. The fourth-order valence-electron chi connectivity index (χ4n) is 4.85. The quantitative estimate of drug-likeness (QED) is 0.206. The molecule has 158 valence electrons. The zero-order chi connectivity index (χ0) is 22.5. The third kappa shape index (κ3) is 3.02. The van der Waals surface area contributed by atoms with Gasteiger partial charge in [-0.05, 0) is 75.1 Å². The molecule has 34 heavy (non-hydrogen) atoms. The largest absolute Gasteiger partial charge is 0.264 e. The van der Waals surface area contributed by atoms with Crippen molar-refractivity contribution in [2.75, 3.05) is 0 Å². The van der Waals surface area contributed by atoms with Crippen molar-refractivity contribution in [3.8, 4) is 22.4 Å². The summed E-state index contributed by atoms with van der Waals surface area (Å²) in [5.74, 6) is 0. The molecule has 3 heterocycles. The lowest BCUT2D eigenvalue weighted by atomic mass is 9.97. The average molecular weight is 434 g/mol. The standard InChI is InChI=1S/C31H19N3/c1-3-24(19-32-15-1)20-5-7-21(8-6-20)29-14-11-26-28-18-22-9-12-30-25(4-2-16-33-30)27(22)17-23(28)10-13-31(26)34-29/h1-19H. The Balaban J connectivity index is 1.34. The van der Waals surface area contributed by atoms with Gasteiger partial charge < -0.3 is 0 Å². The molecule has 0 aliphatic rings. The lowest BCUT2D eigenvalue weighted by Gasteiger charge is -2.10. The summed E-state index contributed by atoms with van der Waals surface area (Å²) in [6.45, 7) is 0. The first-order valence-corrected chi connectivity index (χ1v) is 11.4. The molecular weight excluding hydrogens is 414 g/mol. The maximum absolute atomic E-state index is 5.01. The Morgan fingerprint density at radius 3 is 1.94 bits per heavy atom. The molecule has 0 N–H and O–H groups in total. The molecule has 0 spiro atoms. The van der Waals surface area contributed by atoms with E-state index in [1.807, 2.05) is 24.5 Å². The van der Waals surface area contributed by atoms with E-state index in [1.165, 1.54) is 32.3 Å². The Hall–Kier alpha value is -4.63. The number of pyridine rings is 3. The average Bonchev–Trinajstić information content (AvgIpc) is 2.92. The summed E-state index contributed by atoms with van der Waals surface area (Å²) in [5.41, 5.74) is 6.37. The molecule has 4 aromatic carbocycles. The maximum atomic E-state index is 5.01. The highest BCUT2D eigenvalue weighted by atomic mass is 14.7. The predicted molar refractivity (Wildman–Crippen MR) is 141 cm³/mol. The van der Waals surface area contributed by atoms with E-state index in [4.69, 9.17) is 4.98 Å². The molecule has 0 atom stereocenters. The van der Waals surface area contributed by atoms with E-state index in [-0.39, 0.29) is 0 Å². The molecule has 3 aromatic heterocycles. The Labute approximate surface area is 196 Å². The van der Waals surface area contributed by atoms with Gasteiger partial charge in [-0.2, -0.15) is 0 Å². The third-order valence-electron chi connectivity index (χ3n) is 6.58. The van der Waals surface area contributed by atoms with Crippen molar-refractivity contribution in [2.24, 2.45) is 0 Å². The van der Waals surface area contributed by atoms with Crippen LogP contribution in [0.2, 0.25) is 0 Å². The molecule has 7 aromatic rings. The van der Waals surface area contributed by atoms with Crippen LogP contribution in [-0.2, 0) is 0 Å². The van der Waals surface area contributed by atoms with Crippen LogP contribution in [0, 0.1) is 0 Å². The molecule has 0 saturated carbocycles. The molecule has 0 fully saturated rings. The smallest absolute Gasteiger partial charge is 0.0715 e. The van der Waals surface area contributed by atoms with Crippen LogP contribution in [0.5, 0.6) is 0 Å². The highest BCUT2D eigenvalue weighted by Crippen LogP contribution is 2.33. The van der Waals surface area contributed by atoms with Crippen molar-refractivity contribution < 1.29 is 0 Å². The van der Waals surface area contributed by atoms with Crippen molar-refractivity contribution in [3.05, 3.63) is 116 Å². The molecule has 0 saturated heterocycles. The van der Waals surface area contributed by atoms with Gasteiger partial charge in [0.25, 0.3) is 0 Å². The minimum atomic E-state index is 0.974. The Bertz CT molecular complexity index is 1840. The highest BCUT2D eigenvalue weighted by Gasteiger charge is 2.09. The molecule has 0 aliphatic carbocycles. The molecule has 0 aliphatic heterocycles. The molecule has 0 amide bonds. The van der Waals surface area contributed by atoms with Crippen LogP contribution in [-0.4, -0.2) is 15.0 Å².